The first kappa shape index (κ1) is 14.9. The van der Waals surface area contributed by atoms with Gasteiger partial charge in [-0.25, -0.2) is 4.79 Å². The highest BCUT2D eigenvalue weighted by Crippen LogP contribution is 2.24. The highest BCUT2D eigenvalue weighted by molar-refractivity contribution is 5.93. The largest absolute Gasteiger partial charge is 0.351 e. The van der Waals surface area contributed by atoms with Crippen LogP contribution in [0.3, 0.4) is 0 Å². The minimum atomic E-state index is -0.792. The van der Waals surface area contributed by atoms with Crippen molar-refractivity contribution in [2.75, 3.05) is 19.6 Å². The Labute approximate surface area is 108 Å². The lowest BCUT2D eigenvalue weighted by molar-refractivity contribution is -0.120. The molecule has 104 valence electrons. The summed E-state index contributed by atoms with van der Waals surface area (Å²) < 4.78 is 0. The van der Waals surface area contributed by atoms with E-state index in [4.69, 9.17) is 11.5 Å². The highest BCUT2D eigenvalue weighted by Gasteiger charge is 2.26. The fourth-order valence-electron chi connectivity index (χ4n) is 2.54. The van der Waals surface area contributed by atoms with E-state index < -0.39 is 6.03 Å². The smallest absolute Gasteiger partial charge is 0.318 e. The molecule has 0 saturated carbocycles. The van der Waals surface area contributed by atoms with Gasteiger partial charge in [-0.2, -0.15) is 0 Å². The molecule has 5 N–H and O–H groups in total. The van der Waals surface area contributed by atoms with E-state index in [2.05, 4.69) is 17.1 Å². The maximum Gasteiger partial charge on any atom is 0.318 e. The van der Waals surface area contributed by atoms with Crippen LogP contribution in [0.15, 0.2) is 0 Å². The molecule has 1 fully saturated rings. The molecule has 1 saturated heterocycles. The van der Waals surface area contributed by atoms with Crippen molar-refractivity contribution in [2.45, 2.75) is 38.6 Å². The topological polar surface area (TPSA) is 101 Å². The number of likely N-dealkylation sites (tertiary alicyclic amines) is 1. The number of nitrogens with two attached hydrogens (primary N) is 2. The maximum absolute atomic E-state index is 11.3. The molecule has 1 aliphatic rings. The Morgan fingerprint density at radius 3 is 2.72 bits per heavy atom. The molecule has 1 rings (SSSR count). The van der Waals surface area contributed by atoms with Gasteiger partial charge in [-0.15, -0.1) is 0 Å². The predicted molar refractivity (Wildman–Crippen MR) is 69.8 cm³/mol. The summed E-state index contributed by atoms with van der Waals surface area (Å²) in [5.74, 6) is 0.421. The molecular weight excluding hydrogens is 232 g/mol. The van der Waals surface area contributed by atoms with Crippen LogP contribution in [-0.4, -0.2) is 42.5 Å². The number of rotatable bonds is 5. The third-order valence-corrected chi connectivity index (χ3v) is 3.68. The lowest BCUT2D eigenvalue weighted by Crippen LogP contribution is -2.48. The molecule has 6 heteroatoms. The Balaban J connectivity index is 2.37. The minimum absolute atomic E-state index is 0.288. The lowest BCUT2D eigenvalue weighted by atomic mass is 9.89. The third kappa shape index (κ3) is 4.62. The van der Waals surface area contributed by atoms with Gasteiger partial charge in [0.25, 0.3) is 0 Å². The molecule has 18 heavy (non-hydrogen) atoms. The van der Waals surface area contributed by atoms with Crippen molar-refractivity contribution >= 4 is 11.9 Å². The first-order valence-corrected chi connectivity index (χ1v) is 6.60. The van der Waals surface area contributed by atoms with Gasteiger partial charge in [-0.1, -0.05) is 13.3 Å². The summed E-state index contributed by atoms with van der Waals surface area (Å²) in [4.78, 5) is 24.1. The molecule has 0 aromatic rings. The van der Waals surface area contributed by atoms with Gasteiger partial charge in [0.1, 0.15) is 0 Å². The SMILES string of the molecule is CCC1CCN(CCC(=O)NC(N)=O)C(CN)C1. The van der Waals surface area contributed by atoms with Gasteiger partial charge in [0.15, 0.2) is 0 Å². The summed E-state index contributed by atoms with van der Waals surface area (Å²) in [6.07, 6.45) is 3.73. The number of nitrogens with one attached hydrogen (secondary N) is 1. The lowest BCUT2D eigenvalue weighted by Gasteiger charge is -2.38. The summed E-state index contributed by atoms with van der Waals surface area (Å²) >= 11 is 0. The van der Waals surface area contributed by atoms with Crippen molar-refractivity contribution in [2.24, 2.45) is 17.4 Å². The highest BCUT2D eigenvalue weighted by atomic mass is 16.2. The zero-order valence-electron chi connectivity index (χ0n) is 11.0. The molecule has 0 aromatic heterocycles. The molecule has 0 radical (unpaired) electrons. The molecule has 0 aliphatic carbocycles. The Morgan fingerprint density at radius 1 is 1.44 bits per heavy atom. The van der Waals surface area contributed by atoms with E-state index in [0.29, 0.717) is 19.1 Å². The summed E-state index contributed by atoms with van der Waals surface area (Å²) in [6, 6.07) is -0.440. The second kappa shape index (κ2) is 7.33. The van der Waals surface area contributed by atoms with E-state index in [1.165, 1.54) is 6.42 Å². The van der Waals surface area contributed by atoms with E-state index in [1.54, 1.807) is 0 Å². The van der Waals surface area contributed by atoms with E-state index in [-0.39, 0.29) is 12.3 Å². The van der Waals surface area contributed by atoms with Gasteiger partial charge in [0, 0.05) is 25.6 Å². The van der Waals surface area contributed by atoms with E-state index in [0.717, 1.165) is 25.3 Å². The number of carbonyl (C=O) groups excluding carboxylic acids is 2. The predicted octanol–water partition coefficient (Wildman–Crippen LogP) is 0.0207. The van der Waals surface area contributed by atoms with Crippen molar-refractivity contribution in [3.8, 4) is 0 Å². The fraction of sp³-hybridized carbons (Fsp3) is 0.833. The number of urea groups is 1. The number of hydrogen-bond donors (Lipinski definition) is 3. The standard InChI is InChI=1S/C12H24N4O2/c1-2-9-3-5-16(10(7-9)8-13)6-4-11(17)15-12(14)18/h9-10H,2-8,13H2,1H3,(H3,14,15,17,18). The molecule has 0 bridgehead atoms. The average Bonchev–Trinajstić information content (AvgIpc) is 2.35. The van der Waals surface area contributed by atoms with Crippen LogP contribution in [0.4, 0.5) is 4.79 Å². The van der Waals surface area contributed by atoms with E-state index >= 15 is 0 Å². The van der Waals surface area contributed by atoms with E-state index in [9.17, 15) is 9.59 Å². The van der Waals surface area contributed by atoms with Gasteiger partial charge in [0.05, 0.1) is 0 Å². The Morgan fingerprint density at radius 2 is 2.17 bits per heavy atom. The zero-order valence-corrected chi connectivity index (χ0v) is 11.0. The molecular formula is C12H24N4O2. The molecule has 2 unspecified atom stereocenters. The number of primary amides is 1. The monoisotopic (exact) mass is 256 g/mol. The van der Waals surface area contributed by atoms with Crippen LogP contribution < -0.4 is 16.8 Å². The first-order chi connectivity index (χ1) is 8.56. The second-order valence-corrected chi connectivity index (χ2v) is 4.89. The molecule has 6 nitrogen and oxygen atoms in total. The van der Waals surface area contributed by atoms with Gasteiger partial charge in [0.2, 0.25) is 5.91 Å². The van der Waals surface area contributed by atoms with E-state index in [1.807, 2.05) is 0 Å². The summed E-state index contributed by atoms with van der Waals surface area (Å²) in [5, 5.41) is 2.08. The number of hydrogen-bond acceptors (Lipinski definition) is 4. The Kier molecular flexibility index (Phi) is 6.07. The Bertz CT molecular complexity index is 296. The molecule has 3 amide bonds. The molecule has 2 atom stereocenters. The number of imide groups is 1. The number of nitrogens with zero attached hydrogens (tertiary/aromatic N) is 1. The van der Waals surface area contributed by atoms with Crippen molar-refractivity contribution in [1.29, 1.82) is 0 Å². The van der Waals surface area contributed by atoms with Crippen LogP contribution in [0.5, 0.6) is 0 Å². The molecule has 0 spiro atoms. The maximum atomic E-state index is 11.3. The van der Waals surface area contributed by atoms with Crippen molar-refractivity contribution in [1.82, 2.24) is 10.2 Å². The molecule has 1 heterocycles. The van der Waals surface area contributed by atoms with Crippen LogP contribution in [0, 0.1) is 5.92 Å². The summed E-state index contributed by atoms with van der Waals surface area (Å²) in [5.41, 5.74) is 10.7. The number of amides is 3. The molecule has 1 aliphatic heterocycles. The number of carbonyl (C=O) groups is 2. The van der Waals surface area contributed by atoms with Crippen LogP contribution in [0.2, 0.25) is 0 Å². The van der Waals surface area contributed by atoms with Crippen LogP contribution in [0.25, 0.3) is 0 Å². The fourth-order valence-corrected chi connectivity index (χ4v) is 2.54. The van der Waals surface area contributed by atoms with Crippen molar-refractivity contribution < 1.29 is 9.59 Å². The average molecular weight is 256 g/mol. The normalized spacial score (nSPS) is 24.8. The number of piperidine rings is 1. The summed E-state index contributed by atoms with van der Waals surface area (Å²) in [7, 11) is 0. The zero-order chi connectivity index (χ0) is 13.5. The Hall–Kier alpha value is -1.14. The van der Waals surface area contributed by atoms with Crippen LogP contribution in [0.1, 0.15) is 32.6 Å². The quantitative estimate of drug-likeness (QED) is 0.645. The van der Waals surface area contributed by atoms with Crippen LogP contribution >= 0.6 is 0 Å². The van der Waals surface area contributed by atoms with Crippen LogP contribution in [-0.2, 0) is 4.79 Å². The van der Waals surface area contributed by atoms with Gasteiger partial charge >= 0.3 is 6.03 Å². The van der Waals surface area contributed by atoms with Gasteiger partial charge in [-0.05, 0) is 25.3 Å². The molecule has 0 aromatic carbocycles. The third-order valence-electron chi connectivity index (χ3n) is 3.68. The van der Waals surface area contributed by atoms with Gasteiger partial charge < -0.3 is 11.5 Å². The summed E-state index contributed by atoms with van der Waals surface area (Å²) in [6.45, 7) is 4.43. The van der Waals surface area contributed by atoms with Crippen molar-refractivity contribution in [3.63, 3.8) is 0 Å². The minimum Gasteiger partial charge on any atom is -0.351 e. The second-order valence-electron chi connectivity index (χ2n) is 4.89. The first-order valence-electron chi connectivity index (χ1n) is 6.60. The van der Waals surface area contributed by atoms with Crippen molar-refractivity contribution in [3.05, 3.63) is 0 Å². The van der Waals surface area contributed by atoms with Gasteiger partial charge in [-0.3, -0.25) is 15.0 Å².